The number of hydrogen-bond donors (Lipinski definition) is 2. The van der Waals surface area contributed by atoms with Gasteiger partial charge in [-0.2, -0.15) is 0 Å². The molecule has 0 radical (unpaired) electrons. The van der Waals surface area contributed by atoms with Crippen LogP contribution in [0.1, 0.15) is 72.6 Å². The molecule has 4 aliphatic carbocycles. The van der Waals surface area contributed by atoms with E-state index < -0.39 is 0 Å². The third-order valence-corrected chi connectivity index (χ3v) is 10.7. The molecule has 30 heavy (non-hydrogen) atoms. The lowest BCUT2D eigenvalue weighted by Gasteiger charge is -2.53. The van der Waals surface area contributed by atoms with E-state index in [4.69, 9.17) is 4.74 Å². The van der Waals surface area contributed by atoms with Crippen molar-refractivity contribution in [1.82, 2.24) is 5.32 Å². The van der Waals surface area contributed by atoms with E-state index in [1.165, 1.54) is 32.1 Å². The fraction of sp³-hybridized carbons (Fsp3) is 0.852. The maximum Gasteiger partial charge on any atom is 0.0737 e. The number of allylic oxidation sites excluding steroid dienone is 2. The third kappa shape index (κ3) is 2.74. The smallest absolute Gasteiger partial charge is 0.0737 e. The first-order valence-electron chi connectivity index (χ1n) is 12.8. The molecule has 3 heteroatoms. The molecular formula is C27H41NO2. The third-order valence-electron chi connectivity index (χ3n) is 10.7. The van der Waals surface area contributed by atoms with E-state index in [1.807, 2.05) is 5.57 Å². The number of piperidine rings is 1. The Morgan fingerprint density at radius 2 is 2.00 bits per heavy atom. The van der Waals surface area contributed by atoms with Crippen LogP contribution in [0.15, 0.2) is 22.8 Å². The maximum atomic E-state index is 10.3. The van der Waals surface area contributed by atoms with Crippen molar-refractivity contribution in [2.45, 2.75) is 97.0 Å². The number of aliphatic hydroxyl groups is 1. The van der Waals surface area contributed by atoms with Gasteiger partial charge in [0.15, 0.2) is 0 Å². The van der Waals surface area contributed by atoms with Crippen LogP contribution in [-0.4, -0.2) is 36.0 Å². The van der Waals surface area contributed by atoms with Gasteiger partial charge in [-0.05, 0) is 93.4 Å². The van der Waals surface area contributed by atoms with Gasteiger partial charge in [0.05, 0.1) is 18.3 Å². The zero-order valence-electron chi connectivity index (χ0n) is 19.4. The van der Waals surface area contributed by atoms with Crippen LogP contribution in [0.2, 0.25) is 0 Å². The predicted molar refractivity (Wildman–Crippen MR) is 120 cm³/mol. The van der Waals surface area contributed by atoms with Gasteiger partial charge in [0.1, 0.15) is 0 Å². The number of aliphatic hydroxyl groups excluding tert-OH is 1. The number of rotatable bonds is 0. The summed E-state index contributed by atoms with van der Waals surface area (Å²) in [4.78, 5) is 0. The Morgan fingerprint density at radius 1 is 1.17 bits per heavy atom. The molecule has 6 aliphatic rings. The minimum absolute atomic E-state index is 0.110. The molecule has 2 saturated carbocycles. The van der Waals surface area contributed by atoms with E-state index in [0.29, 0.717) is 35.5 Å². The van der Waals surface area contributed by atoms with Gasteiger partial charge < -0.3 is 15.2 Å². The minimum Gasteiger partial charge on any atom is -0.393 e. The Bertz CT molecular complexity index is 786. The highest BCUT2D eigenvalue weighted by molar-refractivity contribution is 5.35. The van der Waals surface area contributed by atoms with E-state index >= 15 is 0 Å². The Morgan fingerprint density at radius 3 is 2.83 bits per heavy atom. The molecule has 166 valence electrons. The summed E-state index contributed by atoms with van der Waals surface area (Å²) in [5.41, 5.74) is 5.39. The number of fused-ring (bicyclic) bond motifs is 7. The van der Waals surface area contributed by atoms with E-state index in [2.05, 4.69) is 39.1 Å². The Kier molecular flexibility index (Phi) is 4.62. The molecule has 0 aromatic carbocycles. The summed E-state index contributed by atoms with van der Waals surface area (Å²) in [6.07, 6.45) is 11.3. The summed E-state index contributed by atoms with van der Waals surface area (Å²) in [5, 5.41) is 14.1. The number of hydrogen-bond acceptors (Lipinski definition) is 3. The van der Waals surface area contributed by atoms with E-state index in [1.54, 1.807) is 11.1 Å². The van der Waals surface area contributed by atoms with Crippen LogP contribution in [0, 0.1) is 40.9 Å². The molecule has 0 aromatic heterocycles. The van der Waals surface area contributed by atoms with Gasteiger partial charge in [0, 0.05) is 12.0 Å². The van der Waals surface area contributed by atoms with Crippen LogP contribution in [0.25, 0.3) is 0 Å². The fourth-order valence-corrected chi connectivity index (χ4v) is 9.08. The normalized spacial score (nSPS) is 55.0. The summed E-state index contributed by atoms with van der Waals surface area (Å²) in [6.45, 7) is 11.0. The van der Waals surface area contributed by atoms with Crippen molar-refractivity contribution >= 4 is 0 Å². The monoisotopic (exact) mass is 411 g/mol. The zero-order chi connectivity index (χ0) is 20.8. The minimum atomic E-state index is -0.110. The molecule has 3 nitrogen and oxygen atoms in total. The second kappa shape index (κ2) is 6.93. The quantitative estimate of drug-likeness (QED) is 0.560. The molecule has 0 spiro atoms. The first kappa shape index (κ1) is 20.0. The molecule has 11 atom stereocenters. The average molecular weight is 412 g/mol. The molecule has 0 amide bonds. The largest absolute Gasteiger partial charge is 0.393 e. The van der Waals surface area contributed by atoms with Gasteiger partial charge in [0.25, 0.3) is 0 Å². The molecule has 0 aromatic rings. The lowest BCUT2D eigenvalue weighted by atomic mass is 9.56. The SMILES string of the molecule is CC1=C2C[C@H]3[C@@H](CC=C4C[C@@H](O)CC[C@@]43C)[C@@H]2CC2OC3C[C@H](C)CN[C@H]3[C@@H](C)[C@@H]12. The van der Waals surface area contributed by atoms with Crippen molar-refractivity contribution in [1.29, 1.82) is 0 Å². The van der Waals surface area contributed by atoms with Crippen molar-refractivity contribution in [3.8, 4) is 0 Å². The van der Waals surface area contributed by atoms with Gasteiger partial charge in [-0.1, -0.05) is 43.6 Å². The molecule has 2 unspecified atom stereocenters. The second-order valence-corrected chi connectivity index (χ2v) is 12.2. The lowest BCUT2D eigenvalue weighted by molar-refractivity contribution is -0.143. The fourth-order valence-electron chi connectivity index (χ4n) is 9.08. The highest BCUT2D eigenvalue weighted by atomic mass is 16.5. The van der Waals surface area contributed by atoms with E-state index in [9.17, 15) is 5.11 Å². The first-order chi connectivity index (χ1) is 14.4. The standard InChI is InChI=1S/C27H41NO2/c1-14-9-24-26(28-13-14)16(3)25-15(2)20-11-22-19(21(20)12-23(25)30-24)6-5-17-10-18(29)7-8-27(17,22)4/h5,14,16,18-19,21-26,28-29H,6-13H2,1-4H3/t14-,16-,18-,19-,21-,22-,23?,24?,25+,26-,27-/m0/s1. The molecule has 2 heterocycles. The van der Waals surface area contributed by atoms with Gasteiger partial charge in [-0.15, -0.1) is 0 Å². The molecule has 2 aliphatic heterocycles. The highest BCUT2D eigenvalue weighted by Crippen LogP contribution is 2.64. The van der Waals surface area contributed by atoms with Crippen molar-refractivity contribution < 1.29 is 9.84 Å². The maximum absolute atomic E-state index is 10.3. The summed E-state index contributed by atoms with van der Waals surface area (Å²) in [6, 6.07) is 0.531. The van der Waals surface area contributed by atoms with Gasteiger partial charge in [-0.25, -0.2) is 0 Å². The lowest BCUT2D eigenvalue weighted by Crippen LogP contribution is -2.61. The van der Waals surface area contributed by atoms with Crippen molar-refractivity contribution in [2.24, 2.45) is 40.9 Å². The predicted octanol–water partition coefficient (Wildman–Crippen LogP) is 4.86. The molecule has 2 N–H and O–H groups in total. The summed E-state index contributed by atoms with van der Waals surface area (Å²) in [7, 11) is 0. The molecule has 6 rings (SSSR count). The van der Waals surface area contributed by atoms with Gasteiger partial charge >= 0.3 is 0 Å². The van der Waals surface area contributed by atoms with Crippen LogP contribution in [0.4, 0.5) is 0 Å². The van der Waals surface area contributed by atoms with E-state index in [-0.39, 0.29) is 6.10 Å². The Hall–Kier alpha value is -0.640. The van der Waals surface area contributed by atoms with Crippen LogP contribution >= 0.6 is 0 Å². The van der Waals surface area contributed by atoms with E-state index in [0.717, 1.165) is 43.1 Å². The van der Waals surface area contributed by atoms with Gasteiger partial charge in [-0.3, -0.25) is 0 Å². The number of nitrogens with one attached hydrogen (secondary N) is 1. The average Bonchev–Trinajstić information content (AvgIpc) is 3.09. The molecule has 2 saturated heterocycles. The van der Waals surface area contributed by atoms with Crippen LogP contribution in [0.3, 0.4) is 0 Å². The van der Waals surface area contributed by atoms with Crippen molar-refractivity contribution in [3.63, 3.8) is 0 Å². The Labute approximate surface area is 182 Å². The molecular weight excluding hydrogens is 370 g/mol. The highest BCUT2D eigenvalue weighted by Gasteiger charge is 2.57. The summed E-state index contributed by atoms with van der Waals surface area (Å²) in [5.74, 6) is 4.30. The van der Waals surface area contributed by atoms with Crippen molar-refractivity contribution in [2.75, 3.05) is 6.54 Å². The van der Waals surface area contributed by atoms with Crippen molar-refractivity contribution in [3.05, 3.63) is 22.8 Å². The Balaban J connectivity index is 1.32. The van der Waals surface area contributed by atoms with Gasteiger partial charge in [0.2, 0.25) is 0 Å². The summed E-state index contributed by atoms with van der Waals surface area (Å²) < 4.78 is 6.89. The topological polar surface area (TPSA) is 41.5 Å². The number of ether oxygens (including phenoxy) is 1. The van der Waals surface area contributed by atoms with Crippen LogP contribution in [0.5, 0.6) is 0 Å². The molecule has 0 bridgehead atoms. The first-order valence-corrected chi connectivity index (χ1v) is 12.8. The zero-order valence-corrected chi connectivity index (χ0v) is 19.4. The van der Waals surface area contributed by atoms with Crippen LogP contribution < -0.4 is 5.32 Å². The summed E-state index contributed by atoms with van der Waals surface area (Å²) >= 11 is 0. The molecule has 4 fully saturated rings. The second-order valence-electron chi connectivity index (χ2n) is 12.2. The van der Waals surface area contributed by atoms with Crippen LogP contribution in [-0.2, 0) is 4.74 Å².